The summed E-state index contributed by atoms with van der Waals surface area (Å²) in [5.74, 6) is 0. The summed E-state index contributed by atoms with van der Waals surface area (Å²) in [6.07, 6.45) is 0. The van der Waals surface area contributed by atoms with Crippen molar-refractivity contribution >= 4 is 34.7 Å². The smallest absolute Gasteiger partial charge is 0.244 e. The molecule has 3 nitrogen and oxygen atoms in total. The fraction of sp³-hybridized carbons (Fsp3) is 0. The lowest BCUT2D eigenvalue weighted by Crippen LogP contribution is -2.12. The second-order valence-electron chi connectivity index (χ2n) is 4.04. The van der Waals surface area contributed by atoms with Crippen LogP contribution in [0.5, 0.6) is 0 Å². The van der Waals surface area contributed by atoms with E-state index >= 15 is 0 Å². The molecule has 100 valence electrons. The highest BCUT2D eigenvalue weighted by Crippen LogP contribution is 2.29. The van der Waals surface area contributed by atoms with Gasteiger partial charge in [-0.25, -0.2) is 8.75 Å². The highest BCUT2D eigenvalue weighted by atomic mass is 35.5. The number of rotatable bonds is 2. The van der Waals surface area contributed by atoms with Crippen LogP contribution in [0.1, 0.15) is 0 Å². The van der Waals surface area contributed by atoms with Crippen LogP contribution in [0.3, 0.4) is 0 Å². The van der Waals surface area contributed by atoms with Crippen molar-refractivity contribution in [3.63, 3.8) is 0 Å². The molecule has 0 radical (unpaired) electrons. The second-order valence-corrected chi connectivity index (χ2v) is 5.82. The summed E-state index contributed by atoms with van der Waals surface area (Å²) in [7, 11) is 0. The van der Waals surface area contributed by atoms with Crippen molar-refractivity contribution in [1.82, 2.24) is 8.94 Å². The SMILES string of the molecule is O=c1nc(-c2ccccc2Cl)sn1-c1ccc(Cl)cc1. The minimum absolute atomic E-state index is 0.327. The number of halogens is 2. The average Bonchev–Trinajstić information content (AvgIpc) is 2.82. The fourth-order valence-corrected chi connectivity index (χ4v) is 3.08. The third-order valence-corrected chi connectivity index (χ3v) is 4.33. The first-order valence-corrected chi connectivity index (χ1v) is 7.29. The lowest BCUT2D eigenvalue weighted by molar-refractivity contribution is 1.05. The van der Waals surface area contributed by atoms with Gasteiger partial charge in [-0.05, 0) is 41.9 Å². The molecular weight excluding hydrogens is 315 g/mol. The molecule has 3 aromatic rings. The van der Waals surface area contributed by atoms with Crippen molar-refractivity contribution in [3.05, 3.63) is 69.1 Å². The first kappa shape index (κ1) is 13.4. The van der Waals surface area contributed by atoms with Crippen LogP contribution < -0.4 is 5.69 Å². The Labute approximate surface area is 129 Å². The molecule has 0 aliphatic rings. The van der Waals surface area contributed by atoms with Crippen LogP contribution in [0.2, 0.25) is 10.0 Å². The molecular formula is C14H8Cl2N2OS. The van der Waals surface area contributed by atoms with Gasteiger partial charge in [-0.15, -0.1) is 0 Å². The van der Waals surface area contributed by atoms with E-state index in [-0.39, 0.29) is 5.69 Å². The van der Waals surface area contributed by atoms with Crippen molar-refractivity contribution in [2.45, 2.75) is 0 Å². The molecule has 0 saturated heterocycles. The topological polar surface area (TPSA) is 34.9 Å². The molecule has 0 atom stereocenters. The van der Waals surface area contributed by atoms with Crippen LogP contribution in [-0.2, 0) is 0 Å². The highest BCUT2D eigenvalue weighted by molar-refractivity contribution is 7.10. The molecule has 6 heteroatoms. The molecule has 0 unspecified atom stereocenters. The Hall–Kier alpha value is -1.62. The van der Waals surface area contributed by atoms with Crippen molar-refractivity contribution in [2.24, 2.45) is 0 Å². The molecule has 0 saturated carbocycles. The maximum Gasteiger partial charge on any atom is 0.363 e. The number of benzene rings is 2. The zero-order valence-corrected chi connectivity index (χ0v) is 12.4. The number of hydrogen-bond donors (Lipinski definition) is 0. The summed E-state index contributed by atoms with van der Waals surface area (Å²) in [6, 6.07) is 14.3. The van der Waals surface area contributed by atoms with E-state index in [0.29, 0.717) is 15.1 Å². The van der Waals surface area contributed by atoms with Crippen molar-refractivity contribution < 1.29 is 0 Å². The second kappa shape index (κ2) is 5.40. The minimum atomic E-state index is -0.327. The monoisotopic (exact) mass is 322 g/mol. The standard InChI is InChI=1S/C14H8Cl2N2OS/c15-9-5-7-10(8-6-9)18-14(19)17-13(20-18)11-3-1-2-4-12(11)16/h1-8H. The normalized spacial score (nSPS) is 10.7. The largest absolute Gasteiger partial charge is 0.363 e. The van der Waals surface area contributed by atoms with E-state index in [0.717, 1.165) is 11.3 Å². The number of aromatic nitrogens is 2. The van der Waals surface area contributed by atoms with Gasteiger partial charge in [0.05, 0.1) is 10.7 Å². The average molecular weight is 323 g/mol. The third-order valence-electron chi connectivity index (χ3n) is 2.71. The first-order valence-electron chi connectivity index (χ1n) is 5.76. The van der Waals surface area contributed by atoms with Crippen molar-refractivity contribution in [2.75, 3.05) is 0 Å². The predicted molar refractivity (Wildman–Crippen MR) is 83.2 cm³/mol. The maximum absolute atomic E-state index is 12.0. The van der Waals surface area contributed by atoms with Crippen LogP contribution in [0.15, 0.2) is 53.3 Å². The van der Waals surface area contributed by atoms with Crippen molar-refractivity contribution in [3.8, 4) is 16.3 Å². The summed E-state index contributed by atoms with van der Waals surface area (Å²) < 4.78 is 1.51. The first-order chi connectivity index (χ1) is 9.65. The van der Waals surface area contributed by atoms with Crippen molar-refractivity contribution in [1.29, 1.82) is 0 Å². The van der Waals surface area contributed by atoms with E-state index in [1.54, 1.807) is 30.3 Å². The van der Waals surface area contributed by atoms with E-state index < -0.39 is 0 Å². The minimum Gasteiger partial charge on any atom is -0.244 e. The molecule has 0 spiro atoms. The molecule has 0 aliphatic heterocycles. The van der Waals surface area contributed by atoms with E-state index in [2.05, 4.69) is 4.98 Å². The van der Waals surface area contributed by atoms with E-state index in [4.69, 9.17) is 23.2 Å². The van der Waals surface area contributed by atoms with Crippen LogP contribution in [-0.4, -0.2) is 8.94 Å². The molecule has 2 aromatic carbocycles. The van der Waals surface area contributed by atoms with Crippen LogP contribution in [0.4, 0.5) is 0 Å². The van der Waals surface area contributed by atoms with Crippen LogP contribution in [0, 0.1) is 0 Å². The molecule has 3 rings (SSSR count). The van der Waals surface area contributed by atoms with E-state index in [9.17, 15) is 4.79 Å². The summed E-state index contributed by atoms with van der Waals surface area (Å²) in [5, 5.41) is 1.79. The zero-order chi connectivity index (χ0) is 14.1. The molecule has 20 heavy (non-hydrogen) atoms. The molecule has 0 fully saturated rings. The molecule has 0 N–H and O–H groups in total. The lowest BCUT2D eigenvalue weighted by Gasteiger charge is -1.99. The van der Waals surface area contributed by atoms with Gasteiger partial charge in [0.15, 0.2) is 0 Å². The molecule has 0 amide bonds. The van der Waals surface area contributed by atoms with Gasteiger partial charge in [0, 0.05) is 10.6 Å². The Kier molecular flexibility index (Phi) is 3.61. The summed E-state index contributed by atoms with van der Waals surface area (Å²) in [5.41, 5.74) is 1.16. The summed E-state index contributed by atoms with van der Waals surface area (Å²) in [4.78, 5) is 16.0. The number of hydrogen-bond acceptors (Lipinski definition) is 3. The Morgan fingerprint density at radius 2 is 1.70 bits per heavy atom. The molecule has 0 bridgehead atoms. The quantitative estimate of drug-likeness (QED) is 0.706. The molecule has 1 aromatic heterocycles. The third kappa shape index (κ3) is 2.50. The van der Waals surface area contributed by atoms with E-state index in [1.807, 2.05) is 18.2 Å². The zero-order valence-electron chi connectivity index (χ0n) is 10.1. The van der Waals surface area contributed by atoms with Crippen LogP contribution >= 0.6 is 34.7 Å². The van der Waals surface area contributed by atoms with Gasteiger partial charge in [-0.3, -0.25) is 0 Å². The molecule has 0 aliphatic carbocycles. The predicted octanol–water partition coefficient (Wildman–Crippen LogP) is 4.27. The lowest BCUT2D eigenvalue weighted by atomic mass is 10.2. The molecule has 1 heterocycles. The summed E-state index contributed by atoms with van der Waals surface area (Å²) >= 11 is 13.2. The Balaban J connectivity index is 2.10. The van der Waals surface area contributed by atoms with Gasteiger partial charge in [-0.2, -0.15) is 4.98 Å². The van der Waals surface area contributed by atoms with Gasteiger partial charge in [0.2, 0.25) is 0 Å². The van der Waals surface area contributed by atoms with Crippen LogP contribution in [0.25, 0.3) is 16.3 Å². The van der Waals surface area contributed by atoms with Gasteiger partial charge in [0.25, 0.3) is 0 Å². The van der Waals surface area contributed by atoms with Gasteiger partial charge < -0.3 is 0 Å². The Bertz CT molecular complexity index is 809. The highest BCUT2D eigenvalue weighted by Gasteiger charge is 2.12. The van der Waals surface area contributed by atoms with Gasteiger partial charge in [0.1, 0.15) is 5.01 Å². The maximum atomic E-state index is 12.0. The summed E-state index contributed by atoms with van der Waals surface area (Å²) in [6.45, 7) is 0. The Morgan fingerprint density at radius 3 is 2.40 bits per heavy atom. The Morgan fingerprint density at radius 1 is 1.00 bits per heavy atom. The van der Waals surface area contributed by atoms with Gasteiger partial charge >= 0.3 is 5.69 Å². The fourth-order valence-electron chi connectivity index (χ4n) is 1.76. The van der Waals surface area contributed by atoms with E-state index in [1.165, 1.54) is 15.5 Å². The number of nitrogens with zero attached hydrogens (tertiary/aromatic N) is 2. The van der Waals surface area contributed by atoms with Gasteiger partial charge in [-0.1, -0.05) is 41.4 Å².